The summed E-state index contributed by atoms with van der Waals surface area (Å²) in [6.07, 6.45) is 2.86. The Bertz CT molecular complexity index is 638. The number of carbonyl (C=O) groups excluding carboxylic acids is 1. The molecular formula is C17H26N2O3S. The number of amides is 1. The largest absolute Gasteiger partial charge is 0.335 e. The maximum absolute atomic E-state index is 12.4. The fourth-order valence-corrected chi connectivity index (χ4v) is 3.63. The lowest BCUT2D eigenvalue weighted by Gasteiger charge is -2.36. The topological polar surface area (TPSA) is 66.5 Å². The van der Waals surface area contributed by atoms with Crippen molar-refractivity contribution in [3.63, 3.8) is 0 Å². The third-order valence-electron chi connectivity index (χ3n) is 4.44. The molecular weight excluding hydrogens is 312 g/mol. The molecule has 1 atom stereocenters. The van der Waals surface area contributed by atoms with Crippen molar-refractivity contribution < 1.29 is 13.2 Å². The highest BCUT2D eigenvalue weighted by Crippen LogP contribution is 2.31. The van der Waals surface area contributed by atoms with Gasteiger partial charge in [0.1, 0.15) is 5.75 Å². The lowest BCUT2D eigenvalue weighted by atomic mass is 9.93. The lowest BCUT2D eigenvalue weighted by Crippen LogP contribution is -2.43. The van der Waals surface area contributed by atoms with Crippen LogP contribution < -0.4 is 4.72 Å². The molecule has 1 fully saturated rings. The van der Waals surface area contributed by atoms with Crippen LogP contribution in [0.2, 0.25) is 0 Å². The van der Waals surface area contributed by atoms with E-state index in [0.29, 0.717) is 12.5 Å². The quantitative estimate of drug-likeness (QED) is 0.896. The van der Waals surface area contributed by atoms with Gasteiger partial charge in [-0.25, -0.2) is 13.1 Å². The van der Waals surface area contributed by atoms with Crippen molar-refractivity contribution in [2.45, 2.75) is 45.1 Å². The van der Waals surface area contributed by atoms with Gasteiger partial charge in [-0.1, -0.05) is 38.1 Å². The molecule has 0 saturated carbocycles. The van der Waals surface area contributed by atoms with Gasteiger partial charge in [0.25, 0.3) is 0 Å². The van der Waals surface area contributed by atoms with Crippen LogP contribution >= 0.6 is 0 Å². The summed E-state index contributed by atoms with van der Waals surface area (Å²) in [6.45, 7) is 4.91. The molecule has 0 radical (unpaired) electrons. The number of piperidine rings is 1. The molecule has 1 heterocycles. The van der Waals surface area contributed by atoms with E-state index in [-0.39, 0.29) is 11.9 Å². The van der Waals surface area contributed by atoms with Crippen LogP contribution in [0.3, 0.4) is 0 Å². The molecule has 23 heavy (non-hydrogen) atoms. The fourth-order valence-electron chi connectivity index (χ4n) is 3.00. The number of rotatable bonds is 5. The van der Waals surface area contributed by atoms with E-state index in [0.717, 1.165) is 24.8 Å². The molecule has 1 aliphatic heterocycles. The number of carbonyl (C=O) groups is 1. The van der Waals surface area contributed by atoms with E-state index in [9.17, 15) is 13.2 Å². The second-order valence-electron chi connectivity index (χ2n) is 6.38. The van der Waals surface area contributed by atoms with Crippen molar-refractivity contribution in [3.05, 3.63) is 35.4 Å². The first-order chi connectivity index (χ1) is 10.8. The Hall–Kier alpha value is -1.40. The minimum atomic E-state index is -3.53. The molecule has 1 saturated heterocycles. The van der Waals surface area contributed by atoms with E-state index in [1.54, 1.807) is 4.90 Å². The summed E-state index contributed by atoms with van der Waals surface area (Å²) in [5.74, 6) is -0.338. The SMILES string of the molecule is CNS(=O)(=O)CC(=O)N1CCCC[C@@H]1c1ccc(C(C)C)cc1. The number of hydrogen-bond donors (Lipinski definition) is 1. The van der Waals surface area contributed by atoms with Crippen molar-refractivity contribution in [2.75, 3.05) is 19.3 Å². The second-order valence-corrected chi connectivity index (χ2v) is 8.31. The van der Waals surface area contributed by atoms with Gasteiger partial charge in [0.15, 0.2) is 0 Å². The van der Waals surface area contributed by atoms with Crippen LogP contribution in [-0.4, -0.2) is 38.6 Å². The zero-order valence-electron chi connectivity index (χ0n) is 14.1. The zero-order valence-corrected chi connectivity index (χ0v) is 14.9. The van der Waals surface area contributed by atoms with Crippen LogP contribution in [0.5, 0.6) is 0 Å². The van der Waals surface area contributed by atoms with Crippen LogP contribution in [0, 0.1) is 0 Å². The normalized spacial score (nSPS) is 19.1. The van der Waals surface area contributed by atoms with Gasteiger partial charge in [-0.3, -0.25) is 4.79 Å². The molecule has 1 N–H and O–H groups in total. The average molecular weight is 338 g/mol. The van der Waals surface area contributed by atoms with Crippen LogP contribution in [0.25, 0.3) is 0 Å². The Balaban J connectivity index is 2.19. The second kappa shape index (κ2) is 7.45. The molecule has 0 spiro atoms. The number of hydrogen-bond acceptors (Lipinski definition) is 3. The first-order valence-electron chi connectivity index (χ1n) is 8.14. The molecule has 1 amide bonds. The lowest BCUT2D eigenvalue weighted by molar-refractivity contribution is -0.132. The highest BCUT2D eigenvalue weighted by molar-refractivity contribution is 7.90. The van der Waals surface area contributed by atoms with E-state index in [4.69, 9.17) is 0 Å². The maximum Gasteiger partial charge on any atom is 0.239 e. The summed E-state index contributed by atoms with van der Waals surface area (Å²) in [5, 5.41) is 0. The van der Waals surface area contributed by atoms with Crippen molar-refractivity contribution in [2.24, 2.45) is 0 Å². The summed E-state index contributed by atoms with van der Waals surface area (Å²) in [6, 6.07) is 8.31. The van der Waals surface area contributed by atoms with E-state index >= 15 is 0 Å². The highest BCUT2D eigenvalue weighted by Gasteiger charge is 2.30. The Kier molecular flexibility index (Phi) is 5.81. The molecule has 0 aromatic heterocycles. The summed E-state index contributed by atoms with van der Waals surface area (Å²) in [7, 11) is -2.20. The smallest absolute Gasteiger partial charge is 0.239 e. The molecule has 0 unspecified atom stereocenters. The monoisotopic (exact) mass is 338 g/mol. The minimum absolute atomic E-state index is 0.0236. The minimum Gasteiger partial charge on any atom is -0.335 e. The predicted octanol–water partition coefficient (Wildman–Crippen LogP) is 2.41. The number of nitrogens with zero attached hydrogens (tertiary/aromatic N) is 1. The fraction of sp³-hybridized carbons (Fsp3) is 0.588. The summed E-state index contributed by atoms with van der Waals surface area (Å²) < 4.78 is 25.5. The van der Waals surface area contributed by atoms with Gasteiger partial charge in [0, 0.05) is 6.54 Å². The van der Waals surface area contributed by atoms with Crippen molar-refractivity contribution in [1.29, 1.82) is 0 Å². The maximum atomic E-state index is 12.4. The molecule has 5 nitrogen and oxygen atoms in total. The third-order valence-corrected chi connectivity index (χ3v) is 5.68. The molecule has 0 aliphatic carbocycles. The molecule has 128 valence electrons. The van der Waals surface area contributed by atoms with Crippen LogP contribution in [0.15, 0.2) is 24.3 Å². The highest BCUT2D eigenvalue weighted by atomic mass is 32.2. The molecule has 1 aliphatic rings. The first-order valence-corrected chi connectivity index (χ1v) is 9.80. The van der Waals surface area contributed by atoms with Gasteiger partial charge in [-0.05, 0) is 43.4 Å². The van der Waals surface area contributed by atoms with Crippen molar-refractivity contribution >= 4 is 15.9 Å². The predicted molar refractivity (Wildman–Crippen MR) is 91.7 cm³/mol. The van der Waals surface area contributed by atoms with Crippen LogP contribution in [0.4, 0.5) is 0 Å². The Labute approximate surface area is 139 Å². The molecule has 0 bridgehead atoms. The number of benzene rings is 1. The Morgan fingerprint density at radius 3 is 2.48 bits per heavy atom. The Morgan fingerprint density at radius 1 is 1.26 bits per heavy atom. The van der Waals surface area contributed by atoms with E-state index in [2.05, 4.69) is 42.8 Å². The molecule has 6 heteroatoms. The third kappa shape index (κ3) is 4.54. The van der Waals surface area contributed by atoms with Crippen molar-refractivity contribution in [1.82, 2.24) is 9.62 Å². The number of sulfonamides is 1. The van der Waals surface area contributed by atoms with Gasteiger partial charge in [0.05, 0.1) is 6.04 Å². The van der Waals surface area contributed by atoms with Gasteiger partial charge in [-0.2, -0.15) is 0 Å². The number of nitrogens with one attached hydrogen (secondary N) is 1. The van der Waals surface area contributed by atoms with E-state index in [1.807, 2.05) is 0 Å². The van der Waals surface area contributed by atoms with E-state index in [1.165, 1.54) is 12.6 Å². The summed E-state index contributed by atoms with van der Waals surface area (Å²) in [4.78, 5) is 14.2. The molecule has 2 rings (SSSR count). The van der Waals surface area contributed by atoms with Gasteiger partial charge >= 0.3 is 0 Å². The standard InChI is InChI=1S/C17H26N2O3S/c1-13(2)14-7-9-15(10-8-14)16-6-4-5-11-19(16)17(20)12-23(21,22)18-3/h7-10,13,16,18H,4-6,11-12H2,1-3H3/t16-/m1/s1. The van der Waals surface area contributed by atoms with Gasteiger partial charge in [0.2, 0.25) is 15.9 Å². The van der Waals surface area contributed by atoms with Gasteiger partial charge < -0.3 is 4.90 Å². The van der Waals surface area contributed by atoms with Crippen LogP contribution in [-0.2, 0) is 14.8 Å². The van der Waals surface area contributed by atoms with Crippen LogP contribution in [0.1, 0.15) is 56.2 Å². The van der Waals surface area contributed by atoms with Crippen molar-refractivity contribution in [3.8, 4) is 0 Å². The molecule has 1 aromatic carbocycles. The van der Waals surface area contributed by atoms with E-state index < -0.39 is 15.8 Å². The number of likely N-dealkylation sites (tertiary alicyclic amines) is 1. The molecule has 1 aromatic rings. The first kappa shape index (κ1) is 17.9. The zero-order chi connectivity index (χ0) is 17.0. The summed E-state index contributed by atoms with van der Waals surface area (Å²) in [5.41, 5.74) is 2.35. The average Bonchev–Trinajstić information content (AvgIpc) is 2.54. The Morgan fingerprint density at radius 2 is 1.91 bits per heavy atom. The van der Waals surface area contributed by atoms with Gasteiger partial charge in [-0.15, -0.1) is 0 Å². The summed E-state index contributed by atoms with van der Waals surface area (Å²) >= 11 is 0.